The zero-order valence-corrected chi connectivity index (χ0v) is 14.6. The maximum absolute atomic E-state index is 14.9. The smallest absolute Gasteiger partial charge is 0.342 e. The Hall–Kier alpha value is -2.15. The first-order valence-corrected chi connectivity index (χ1v) is 9.20. The number of aromatic nitrogens is 1. The highest BCUT2D eigenvalue weighted by Gasteiger charge is 2.60. The number of hydrogen-bond donors (Lipinski definition) is 2. The number of fused-ring (bicyclic) bond motifs is 2. The molecule has 2 heterocycles. The molecule has 7 heteroatoms. The van der Waals surface area contributed by atoms with Crippen LogP contribution < -0.4 is 4.90 Å². The van der Waals surface area contributed by atoms with Crippen LogP contribution in [0.4, 0.5) is 9.52 Å². The van der Waals surface area contributed by atoms with Gasteiger partial charge in [0, 0.05) is 35.9 Å². The highest BCUT2D eigenvalue weighted by Crippen LogP contribution is 2.49. The average Bonchev–Trinajstić information content (AvgIpc) is 3.10. The predicted octanol–water partition coefficient (Wildman–Crippen LogP) is 3.46. The molecule has 2 unspecified atom stereocenters. The van der Waals surface area contributed by atoms with E-state index in [1.165, 1.54) is 11.3 Å². The standard InChI is InChI=1S/C18H19FN2O3S/c1-10-2-5-15(22)13(6-10)14-9-25-17(20-14)21-7-11-3-4-12(8-21)18(11,19)16(23)24/h2,5-6,9,11-12,22H,3-4,7-8H2,1H3,(H,23,24). The van der Waals surface area contributed by atoms with E-state index in [0.717, 1.165) is 10.7 Å². The first kappa shape index (κ1) is 16.3. The summed E-state index contributed by atoms with van der Waals surface area (Å²) in [5.41, 5.74) is 0.282. The second kappa shape index (κ2) is 5.69. The number of thiazole rings is 1. The van der Waals surface area contributed by atoms with Crippen LogP contribution in [-0.4, -0.2) is 39.9 Å². The summed E-state index contributed by atoms with van der Waals surface area (Å²) in [6, 6.07) is 5.36. The Morgan fingerprint density at radius 3 is 2.68 bits per heavy atom. The summed E-state index contributed by atoms with van der Waals surface area (Å²) in [5.74, 6) is -2.15. The minimum Gasteiger partial charge on any atom is -0.507 e. The van der Waals surface area contributed by atoms with Gasteiger partial charge in [-0.25, -0.2) is 14.2 Å². The lowest BCUT2D eigenvalue weighted by Gasteiger charge is -2.39. The molecule has 0 radical (unpaired) electrons. The van der Waals surface area contributed by atoms with Gasteiger partial charge in [0.05, 0.1) is 5.69 Å². The Labute approximate surface area is 148 Å². The first-order valence-electron chi connectivity index (χ1n) is 8.32. The summed E-state index contributed by atoms with van der Waals surface area (Å²) < 4.78 is 14.9. The van der Waals surface area contributed by atoms with Crippen molar-refractivity contribution in [3.8, 4) is 17.0 Å². The molecule has 25 heavy (non-hydrogen) atoms. The zero-order valence-electron chi connectivity index (χ0n) is 13.8. The molecule has 4 rings (SSSR count). The largest absolute Gasteiger partial charge is 0.507 e. The molecule has 2 bridgehead atoms. The van der Waals surface area contributed by atoms with Gasteiger partial charge in [0.15, 0.2) is 5.13 Å². The second-order valence-corrected chi connectivity index (χ2v) is 7.82. The first-order chi connectivity index (χ1) is 11.9. The van der Waals surface area contributed by atoms with Crippen LogP contribution in [0.2, 0.25) is 0 Å². The molecule has 0 spiro atoms. The second-order valence-electron chi connectivity index (χ2n) is 6.99. The molecule has 0 amide bonds. The number of aryl methyl sites for hydroxylation is 1. The lowest BCUT2D eigenvalue weighted by Crippen LogP contribution is -2.55. The van der Waals surface area contributed by atoms with Gasteiger partial charge in [-0.15, -0.1) is 11.3 Å². The quantitative estimate of drug-likeness (QED) is 0.875. The molecule has 2 N–H and O–H groups in total. The van der Waals surface area contributed by atoms with E-state index < -0.39 is 23.5 Å². The van der Waals surface area contributed by atoms with Crippen molar-refractivity contribution in [2.24, 2.45) is 11.8 Å². The molecule has 1 aliphatic carbocycles. The number of phenols is 1. The third kappa shape index (κ3) is 2.49. The number of alkyl halides is 1. The van der Waals surface area contributed by atoms with Crippen LogP contribution in [0, 0.1) is 18.8 Å². The molecule has 1 saturated carbocycles. The normalized spacial score (nSPS) is 28.3. The van der Waals surface area contributed by atoms with Crippen LogP contribution in [0.3, 0.4) is 0 Å². The van der Waals surface area contributed by atoms with E-state index in [9.17, 15) is 19.4 Å². The lowest BCUT2D eigenvalue weighted by atomic mass is 9.82. The average molecular weight is 362 g/mol. The number of carbonyl (C=O) groups is 1. The van der Waals surface area contributed by atoms with Crippen molar-refractivity contribution in [3.63, 3.8) is 0 Å². The number of carboxylic acids is 1. The van der Waals surface area contributed by atoms with E-state index >= 15 is 0 Å². The molecule has 1 aliphatic heterocycles. The van der Waals surface area contributed by atoms with Crippen molar-refractivity contribution in [1.29, 1.82) is 0 Å². The van der Waals surface area contributed by atoms with Gasteiger partial charge in [-0.3, -0.25) is 0 Å². The number of carboxylic acid groups (broad SMARTS) is 1. The molecular formula is C18H19FN2O3S. The van der Waals surface area contributed by atoms with Crippen molar-refractivity contribution in [2.75, 3.05) is 18.0 Å². The number of nitrogens with zero attached hydrogens (tertiary/aromatic N) is 2. The number of aliphatic carboxylic acids is 1. The van der Waals surface area contributed by atoms with E-state index in [0.29, 0.717) is 37.2 Å². The fourth-order valence-electron chi connectivity index (χ4n) is 4.10. The molecule has 2 aromatic rings. The Bertz CT molecular complexity index is 823. The van der Waals surface area contributed by atoms with Gasteiger partial charge in [0.25, 0.3) is 0 Å². The SMILES string of the molecule is Cc1ccc(O)c(-c2csc(N3CC4CCC(C3)C4(F)C(=O)O)n2)c1. The number of aromatic hydroxyl groups is 1. The van der Waals surface area contributed by atoms with Crippen molar-refractivity contribution in [3.05, 3.63) is 29.1 Å². The van der Waals surface area contributed by atoms with Gasteiger partial charge in [-0.2, -0.15) is 0 Å². The fraction of sp³-hybridized carbons (Fsp3) is 0.444. The van der Waals surface area contributed by atoms with Gasteiger partial charge in [0.1, 0.15) is 5.75 Å². The Kier molecular flexibility index (Phi) is 3.72. The number of anilines is 1. The van der Waals surface area contributed by atoms with E-state index in [4.69, 9.17) is 0 Å². The summed E-state index contributed by atoms with van der Waals surface area (Å²) in [6.07, 6.45) is 1.20. The summed E-state index contributed by atoms with van der Waals surface area (Å²) in [4.78, 5) is 18.0. The topological polar surface area (TPSA) is 73.7 Å². The maximum Gasteiger partial charge on any atom is 0.342 e. The Morgan fingerprint density at radius 2 is 2.04 bits per heavy atom. The van der Waals surface area contributed by atoms with Crippen molar-refractivity contribution >= 4 is 22.4 Å². The number of phenolic OH excluding ortho intramolecular Hbond substituents is 1. The highest BCUT2D eigenvalue weighted by atomic mass is 32.1. The summed E-state index contributed by atoms with van der Waals surface area (Å²) >= 11 is 1.44. The van der Waals surface area contributed by atoms with Gasteiger partial charge in [-0.1, -0.05) is 11.6 Å². The van der Waals surface area contributed by atoms with Gasteiger partial charge in [0.2, 0.25) is 5.67 Å². The van der Waals surface area contributed by atoms with Crippen molar-refractivity contribution < 1.29 is 19.4 Å². The number of piperidine rings is 1. The van der Waals surface area contributed by atoms with Gasteiger partial charge >= 0.3 is 5.97 Å². The molecular weight excluding hydrogens is 343 g/mol. The molecule has 1 aromatic heterocycles. The minimum absolute atomic E-state index is 0.176. The van der Waals surface area contributed by atoms with Crippen LogP contribution in [-0.2, 0) is 4.79 Å². The zero-order chi connectivity index (χ0) is 17.8. The third-order valence-corrected chi connectivity index (χ3v) is 6.35. The molecule has 1 saturated heterocycles. The van der Waals surface area contributed by atoms with Crippen LogP contribution in [0.25, 0.3) is 11.3 Å². The van der Waals surface area contributed by atoms with Crippen LogP contribution in [0.1, 0.15) is 18.4 Å². The van der Waals surface area contributed by atoms with Crippen molar-refractivity contribution in [2.45, 2.75) is 25.4 Å². The van der Waals surface area contributed by atoms with Crippen LogP contribution in [0.15, 0.2) is 23.6 Å². The summed E-state index contributed by atoms with van der Waals surface area (Å²) in [6.45, 7) is 2.68. The molecule has 5 nitrogen and oxygen atoms in total. The molecule has 2 fully saturated rings. The maximum atomic E-state index is 14.9. The van der Waals surface area contributed by atoms with E-state index in [-0.39, 0.29) is 5.75 Å². The van der Waals surface area contributed by atoms with Crippen LogP contribution >= 0.6 is 11.3 Å². The lowest BCUT2D eigenvalue weighted by molar-refractivity contribution is -0.157. The predicted molar refractivity (Wildman–Crippen MR) is 93.9 cm³/mol. The third-order valence-electron chi connectivity index (χ3n) is 5.45. The van der Waals surface area contributed by atoms with Crippen molar-refractivity contribution in [1.82, 2.24) is 4.98 Å². The van der Waals surface area contributed by atoms with E-state index in [1.54, 1.807) is 6.07 Å². The summed E-state index contributed by atoms with van der Waals surface area (Å²) in [5, 5.41) is 22.0. The molecule has 1 aromatic carbocycles. The Morgan fingerprint density at radius 1 is 1.36 bits per heavy atom. The number of benzene rings is 1. The monoisotopic (exact) mass is 362 g/mol. The van der Waals surface area contributed by atoms with E-state index in [2.05, 4.69) is 4.98 Å². The molecule has 132 valence electrons. The number of hydrogen-bond acceptors (Lipinski definition) is 5. The van der Waals surface area contributed by atoms with Gasteiger partial charge in [-0.05, 0) is 31.9 Å². The van der Waals surface area contributed by atoms with Gasteiger partial charge < -0.3 is 15.1 Å². The Balaban J connectivity index is 1.60. The number of rotatable bonds is 3. The summed E-state index contributed by atoms with van der Waals surface area (Å²) in [7, 11) is 0. The van der Waals surface area contributed by atoms with E-state index in [1.807, 2.05) is 29.3 Å². The molecule has 2 atom stereocenters. The highest BCUT2D eigenvalue weighted by molar-refractivity contribution is 7.14. The fourth-order valence-corrected chi connectivity index (χ4v) is 4.95. The molecule has 2 aliphatic rings. The minimum atomic E-state index is -2.11. The number of halogens is 1. The van der Waals surface area contributed by atoms with Crippen LogP contribution in [0.5, 0.6) is 5.75 Å².